The Labute approximate surface area is 190 Å². The summed E-state index contributed by atoms with van der Waals surface area (Å²) in [6.07, 6.45) is -0.732. The summed E-state index contributed by atoms with van der Waals surface area (Å²) in [6.45, 7) is 5.17. The monoisotopic (exact) mass is 466 g/mol. The van der Waals surface area contributed by atoms with Crippen LogP contribution in [0.4, 0.5) is 10.5 Å². The van der Waals surface area contributed by atoms with Crippen LogP contribution in [-0.2, 0) is 19.1 Å². The number of Topliss-reactive ketones (excluding diaryl/α,β-unsaturated/α-hetero) is 1. The maximum absolute atomic E-state index is 13.0. The molecule has 11 heteroatoms. The summed E-state index contributed by atoms with van der Waals surface area (Å²) in [6, 6.07) is 2.88. The van der Waals surface area contributed by atoms with Crippen LogP contribution in [0.1, 0.15) is 44.0 Å². The molecule has 174 valence electrons. The molecule has 2 rings (SSSR count). The molecule has 4 amide bonds. The number of likely N-dealkylation sites (N-methyl/N-ethyl adjacent to an activating group) is 1. The van der Waals surface area contributed by atoms with Gasteiger partial charge in [-0.2, -0.15) is 0 Å². The zero-order valence-corrected chi connectivity index (χ0v) is 19.0. The standard InChI is InChI=1S/C21H27ClN4O6/c1-10(2)32-21(31)26-15-6-5-13(22)9-14(15)19(29)25-16(17(27)20(30)23-4)8-12-7-11(3)24-18(12)28/h5-6,9-12,16H,7-8H2,1-4H3,(H,23,30)(H,24,28)(H,25,29)(H,26,31)/t11-,12+,16?/m1/s1. The molecule has 0 spiro atoms. The molecule has 4 N–H and O–H groups in total. The molecule has 1 heterocycles. The van der Waals surface area contributed by atoms with Gasteiger partial charge >= 0.3 is 6.09 Å². The maximum Gasteiger partial charge on any atom is 0.411 e. The van der Waals surface area contributed by atoms with Crippen molar-refractivity contribution < 1.29 is 28.7 Å². The van der Waals surface area contributed by atoms with Crippen molar-refractivity contribution in [2.45, 2.75) is 51.8 Å². The second kappa shape index (κ2) is 10.9. The van der Waals surface area contributed by atoms with Crippen LogP contribution < -0.4 is 21.3 Å². The van der Waals surface area contributed by atoms with Crippen molar-refractivity contribution in [2.75, 3.05) is 12.4 Å². The Morgan fingerprint density at radius 2 is 1.94 bits per heavy atom. The second-order valence-electron chi connectivity index (χ2n) is 7.82. The molecule has 1 aliphatic rings. The number of anilines is 1. The van der Waals surface area contributed by atoms with Crippen molar-refractivity contribution in [3.05, 3.63) is 28.8 Å². The van der Waals surface area contributed by atoms with Crippen LogP contribution in [0.5, 0.6) is 0 Å². The van der Waals surface area contributed by atoms with Gasteiger partial charge in [0.2, 0.25) is 11.7 Å². The van der Waals surface area contributed by atoms with E-state index in [2.05, 4.69) is 21.3 Å². The average molecular weight is 467 g/mol. The number of halogens is 1. The van der Waals surface area contributed by atoms with E-state index in [1.165, 1.54) is 25.2 Å². The van der Waals surface area contributed by atoms with Crippen LogP contribution in [0.25, 0.3) is 0 Å². The first-order valence-corrected chi connectivity index (χ1v) is 10.5. The molecule has 10 nitrogen and oxygen atoms in total. The molecule has 0 bridgehead atoms. The number of hydrogen-bond acceptors (Lipinski definition) is 6. The third kappa shape index (κ3) is 6.68. The van der Waals surface area contributed by atoms with Gasteiger partial charge in [-0.05, 0) is 51.8 Å². The number of hydrogen-bond donors (Lipinski definition) is 4. The molecule has 1 fully saturated rings. The zero-order valence-electron chi connectivity index (χ0n) is 18.3. The molecule has 1 unspecified atom stereocenters. The number of ether oxygens (including phenoxy) is 1. The van der Waals surface area contributed by atoms with E-state index >= 15 is 0 Å². The summed E-state index contributed by atoms with van der Waals surface area (Å²) in [5.41, 5.74) is 0.0769. The van der Waals surface area contributed by atoms with Gasteiger partial charge in [0.1, 0.15) is 0 Å². The molecule has 0 aliphatic carbocycles. The normalized spacial score (nSPS) is 18.5. The van der Waals surface area contributed by atoms with Crippen molar-refractivity contribution in [3.63, 3.8) is 0 Å². The largest absolute Gasteiger partial charge is 0.447 e. The van der Waals surface area contributed by atoms with E-state index in [0.717, 1.165) is 0 Å². The van der Waals surface area contributed by atoms with Crippen LogP contribution in [0.15, 0.2) is 18.2 Å². The van der Waals surface area contributed by atoms with Gasteiger partial charge in [-0.3, -0.25) is 24.5 Å². The van der Waals surface area contributed by atoms with Gasteiger partial charge in [0, 0.05) is 24.0 Å². The van der Waals surface area contributed by atoms with Crippen LogP contribution in [0, 0.1) is 5.92 Å². The summed E-state index contributed by atoms with van der Waals surface area (Å²) < 4.78 is 5.03. The minimum absolute atomic E-state index is 0.0304. The van der Waals surface area contributed by atoms with Crippen LogP contribution in [0.2, 0.25) is 5.02 Å². The molecule has 1 aromatic rings. The third-order valence-corrected chi connectivity index (χ3v) is 5.03. The van der Waals surface area contributed by atoms with Gasteiger partial charge in [-0.15, -0.1) is 0 Å². The number of amides is 4. The lowest BCUT2D eigenvalue weighted by Gasteiger charge is -2.20. The zero-order chi connectivity index (χ0) is 24.0. The first kappa shape index (κ1) is 25.1. The number of benzene rings is 1. The highest BCUT2D eigenvalue weighted by molar-refractivity contribution is 6.38. The lowest BCUT2D eigenvalue weighted by molar-refractivity contribution is -0.139. The van der Waals surface area contributed by atoms with Crippen LogP contribution in [0.3, 0.4) is 0 Å². The lowest BCUT2D eigenvalue weighted by Crippen LogP contribution is -2.48. The van der Waals surface area contributed by atoms with E-state index in [9.17, 15) is 24.0 Å². The molecule has 3 atom stereocenters. The van der Waals surface area contributed by atoms with Gasteiger partial charge in [0.15, 0.2) is 0 Å². The second-order valence-corrected chi connectivity index (χ2v) is 8.25. The average Bonchev–Trinajstić information content (AvgIpc) is 3.03. The number of carbonyl (C=O) groups excluding carboxylic acids is 5. The predicted molar refractivity (Wildman–Crippen MR) is 117 cm³/mol. The summed E-state index contributed by atoms with van der Waals surface area (Å²) in [5.74, 6) is -3.32. The Kier molecular flexibility index (Phi) is 8.59. The molecule has 32 heavy (non-hydrogen) atoms. The fourth-order valence-electron chi connectivity index (χ4n) is 3.36. The fraction of sp³-hybridized carbons (Fsp3) is 0.476. The first-order valence-electron chi connectivity index (χ1n) is 10.2. The number of ketones is 1. The fourth-order valence-corrected chi connectivity index (χ4v) is 3.53. The Bertz CT molecular complexity index is 920. The predicted octanol–water partition coefficient (Wildman–Crippen LogP) is 1.63. The highest BCUT2D eigenvalue weighted by atomic mass is 35.5. The van der Waals surface area contributed by atoms with Crippen molar-refractivity contribution in [3.8, 4) is 0 Å². The maximum atomic E-state index is 13.0. The van der Waals surface area contributed by atoms with Crippen LogP contribution in [-0.4, -0.2) is 54.8 Å². The highest BCUT2D eigenvalue weighted by Gasteiger charge is 2.36. The smallest absolute Gasteiger partial charge is 0.411 e. The number of nitrogens with one attached hydrogen (secondary N) is 4. The number of carbonyl (C=O) groups is 5. The molecule has 0 saturated carbocycles. The minimum atomic E-state index is -1.25. The van der Waals surface area contributed by atoms with E-state index in [0.29, 0.717) is 6.42 Å². The molecule has 1 aromatic carbocycles. The summed E-state index contributed by atoms with van der Waals surface area (Å²) in [7, 11) is 1.29. The van der Waals surface area contributed by atoms with E-state index < -0.39 is 35.7 Å². The van der Waals surface area contributed by atoms with E-state index in [1.807, 2.05) is 6.92 Å². The SMILES string of the molecule is CNC(=O)C(=O)C(C[C@@H]1C[C@@H](C)NC1=O)NC(=O)c1cc(Cl)ccc1NC(=O)OC(C)C. The highest BCUT2D eigenvalue weighted by Crippen LogP contribution is 2.24. The molecule has 0 aromatic heterocycles. The molecule has 1 aliphatic heterocycles. The molecule has 0 radical (unpaired) electrons. The van der Waals surface area contributed by atoms with E-state index in [4.69, 9.17) is 16.3 Å². The van der Waals surface area contributed by atoms with Gasteiger partial charge in [-0.25, -0.2) is 4.79 Å². The Morgan fingerprint density at radius 1 is 1.25 bits per heavy atom. The summed E-state index contributed by atoms with van der Waals surface area (Å²) in [5, 5.41) is 10.2. The van der Waals surface area contributed by atoms with Gasteiger partial charge in [0.25, 0.3) is 11.8 Å². The first-order chi connectivity index (χ1) is 15.0. The van der Waals surface area contributed by atoms with Crippen LogP contribution >= 0.6 is 11.6 Å². The Hall–Kier alpha value is -3.14. The number of rotatable bonds is 8. The summed E-state index contributed by atoms with van der Waals surface area (Å²) in [4.78, 5) is 61.7. The van der Waals surface area contributed by atoms with E-state index in [-0.39, 0.29) is 40.7 Å². The minimum Gasteiger partial charge on any atom is -0.447 e. The summed E-state index contributed by atoms with van der Waals surface area (Å²) >= 11 is 6.02. The molecular weight excluding hydrogens is 440 g/mol. The van der Waals surface area contributed by atoms with E-state index in [1.54, 1.807) is 13.8 Å². The van der Waals surface area contributed by atoms with Crippen molar-refractivity contribution >= 4 is 46.9 Å². The Balaban J connectivity index is 2.27. The van der Waals surface area contributed by atoms with Crippen molar-refractivity contribution in [1.29, 1.82) is 0 Å². The lowest BCUT2D eigenvalue weighted by atomic mass is 9.93. The van der Waals surface area contributed by atoms with Gasteiger partial charge in [-0.1, -0.05) is 11.6 Å². The molecule has 1 saturated heterocycles. The molecular formula is C21H27ClN4O6. The van der Waals surface area contributed by atoms with Gasteiger partial charge < -0.3 is 20.7 Å². The topological polar surface area (TPSA) is 143 Å². The van der Waals surface area contributed by atoms with Gasteiger partial charge in [0.05, 0.1) is 23.4 Å². The van der Waals surface area contributed by atoms with Crippen molar-refractivity contribution in [2.24, 2.45) is 5.92 Å². The Morgan fingerprint density at radius 3 is 2.50 bits per heavy atom. The third-order valence-electron chi connectivity index (χ3n) is 4.80. The van der Waals surface area contributed by atoms with Crippen molar-refractivity contribution in [1.82, 2.24) is 16.0 Å². The quantitative estimate of drug-likeness (QED) is 0.429.